The first kappa shape index (κ1) is 42.5. The van der Waals surface area contributed by atoms with Gasteiger partial charge in [-0.15, -0.1) is 0 Å². The number of carboxylic acid groups (broad SMARTS) is 1. The largest absolute Gasteiger partial charge is 0.480 e. The Morgan fingerprint density at radius 1 is 0.673 bits per heavy atom. The summed E-state index contributed by atoms with van der Waals surface area (Å²) in [5.41, 5.74) is 4.27. The fraction of sp³-hybridized carbons (Fsp3) is 0.628. The Kier molecular flexibility index (Phi) is 19.3. The second-order valence-electron chi connectivity index (χ2n) is 15.2. The molecule has 0 aliphatic heterocycles. The minimum atomic E-state index is -1.03. The zero-order valence-corrected chi connectivity index (χ0v) is 32.0. The van der Waals surface area contributed by atoms with Gasteiger partial charge in [0.05, 0.1) is 0 Å². The van der Waals surface area contributed by atoms with Gasteiger partial charge in [-0.25, -0.2) is 9.59 Å². The van der Waals surface area contributed by atoms with E-state index in [9.17, 15) is 24.3 Å². The molecule has 1 atom stereocenters. The summed E-state index contributed by atoms with van der Waals surface area (Å²) in [6, 6.07) is 15.5. The van der Waals surface area contributed by atoms with Crippen molar-refractivity contribution in [1.29, 1.82) is 0 Å². The summed E-state index contributed by atoms with van der Waals surface area (Å²) in [6.45, 7) is 6.33. The van der Waals surface area contributed by atoms with Crippen LogP contribution in [0, 0.1) is 0 Å². The van der Waals surface area contributed by atoms with Gasteiger partial charge in [-0.3, -0.25) is 9.59 Å². The number of hydrogen-bond donors (Lipinski definition) is 3. The molecule has 9 heteroatoms. The number of ether oxygens (including phenoxy) is 2. The molecule has 0 spiro atoms. The highest BCUT2D eigenvalue weighted by Gasteiger charge is 2.29. The molecule has 9 nitrogen and oxygen atoms in total. The number of carbonyl (C=O) groups excluding carboxylic acids is 3. The van der Waals surface area contributed by atoms with Crippen LogP contribution in [0.2, 0.25) is 0 Å². The monoisotopic (exact) mass is 720 g/mol. The Hall–Kier alpha value is -3.88. The topological polar surface area (TPSA) is 131 Å². The van der Waals surface area contributed by atoms with Crippen molar-refractivity contribution >= 4 is 23.9 Å². The van der Waals surface area contributed by atoms with E-state index in [4.69, 9.17) is 9.47 Å². The number of unbranched alkanes of at least 4 members (excludes halogenated alkanes) is 14. The lowest BCUT2D eigenvalue weighted by atomic mass is 9.98. The molecule has 0 saturated heterocycles. The first-order chi connectivity index (χ1) is 25.0. The Morgan fingerprint density at radius 3 is 1.65 bits per heavy atom. The van der Waals surface area contributed by atoms with Crippen LogP contribution in [-0.4, -0.2) is 53.8 Å². The fourth-order valence-corrected chi connectivity index (χ4v) is 6.91. The van der Waals surface area contributed by atoms with Crippen LogP contribution in [0.4, 0.5) is 4.79 Å². The normalized spacial score (nSPS) is 12.8. The molecule has 2 amide bonds. The predicted molar refractivity (Wildman–Crippen MR) is 206 cm³/mol. The highest BCUT2D eigenvalue weighted by atomic mass is 16.6. The van der Waals surface area contributed by atoms with Crippen LogP contribution in [0.25, 0.3) is 11.1 Å². The predicted octanol–water partition coefficient (Wildman–Crippen LogP) is 9.85. The van der Waals surface area contributed by atoms with E-state index in [0.717, 1.165) is 43.2 Å². The molecule has 0 aromatic heterocycles. The molecular formula is C43H64N2O7. The molecule has 0 fully saturated rings. The number of rotatable bonds is 26. The summed E-state index contributed by atoms with van der Waals surface area (Å²) < 4.78 is 10.9. The van der Waals surface area contributed by atoms with Crippen molar-refractivity contribution in [3.63, 3.8) is 0 Å². The summed E-state index contributed by atoms with van der Waals surface area (Å²) in [5.74, 6) is -1.34. The highest BCUT2D eigenvalue weighted by Crippen LogP contribution is 2.44. The molecular weight excluding hydrogens is 656 g/mol. The van der Waals surface area contributed by atoms with Gasteiger partial charge in [0, 0.05) is 25.3 Å². The van der Waals surface area contributed by atoms with Crippen molar-refractivity contribution < 1.29 is 33.8 Å². The van der Waals surface area contributed by atoms with Crippen molar-refractivity contribution in [3.05, 3.63) is 59.7 Å². The van der Waals surface area contributed by atoms with E-state index in [1.807, 2.05) is 45.0 Å². The molecule has 0 saturated carbocycles. The number of esters is 1. The van der Waals surface area contributed by atoms with Crippen LogP contribution in [0.5, 0.6) is 0 Å². The maximum absolute atomic E-state index is 12.4. The van der Waals surface area contributed by atoms with Gasteiger partial charge in [0.25, 0.3) is 0 Å². The van der Waals surface area contributed by atoms with Crippen LogP contribution in [-0.2, 0) is 23.9 Å². The maximum atomic E-state index is 12.4. The SMILES string of the molecule is CC(C)(C)OC(=O)CCCCCCCCCCCCCCCCC(=O)NC(CCCCNC(=O)OCC1c2ccccc2-c2ccccc21)C(=O)O. The molecule has 0 radical (unpaired) electrons. The first-order valence-corrected chi connectivity index (χ1v) is 19.9. The third-order valence-corrected chi connectivity index (χ3v) is 9.62. The highest BCUT2D eigenvalue weighted by molar-refractivity contribution is 5.83. The molecule has 0 bridgehead atoms. The van der Waals surface area contributed by atoms with Crippen LogP contribution in [0.1, 0.15) is 160 Å². The Bertz CT molecular complexity index is 1340. The Balaban J connectivity index is 1.12. The summed E-state index contributed by atoms with van der Waals surface area (Å²) in [4.78, 5) is 48.3. The van der Waals surface area contributed by atoms with Gasteiger partial charge in [-0.05, 0) is 75.1 Å². The lowest BCUT2D eigenvalue weighted by Gasteiger charge is -2.19. The van der Waals surface area contributed by atoms with E-state index in [1.165, 1.54) is 68.9 Å². The third kappa shape index (κ3) is 16.6. The summed E-state index contributed by atoms with van der Waals surface area (Å²) in [5, 5.41) is 15.1. The van der Waals surface area contributed by atoms with Crippen molar-refractivity contribution in [2.75, 3.05) is 13.2 Å². The molecule has 288 valence electrons. The lowest BCUT2D eigenvalue weighted by Crippen LogP contribution is -2.40. The number of carboxylic acids is 1. The molecule has 2 aromatic rings. The second-order valence-corrected chi connectivity index (χ2v) is 15.2. The number of amides is 2. The first-order valence-electron chi connectivity index (χ1n) is 19.9. The summed E-state index contributed by atoms with van der Waals surface area (Å²) >= 11 is 0. The van der Waals surface area contributed by atoms with Crippen molar-refractivity contribution in [3.8, 4) is 11.1 Å². The van der Waals surface area contributed by atoms with E-state index in [1.54, 1.807) is 0 Å². The standard InChI is InChI=1S/C43H64N2O7/c1-43(2,3)52-40(47)30-17-15-13-11-9-7-5-4-6-8-10-12-14-16-29-39(46)45-38(41(48)49)28-22-23-31-44-42(50)51-32-37-35-26-20-18-24-33(35)34-25-19-21-27-36(34)37/h18-21,24-27,37-38H,4-17,22-23,28-32H2,1-3H3,(H,44,50)(H,45,46)(H,48,49). The van der Waals surface area contributed by atoms with Crippen molar-refractivity contribution in [2.24, 2.45) is 0 Å². The molecule has 3 rings (SSSR count). The van der Waals surface area contributed by atoms with Crippen LogP contribution >= 0.6 is 0 Å². The fourth-order valence-electron chi connectivity index (χ4n) is 6.91. The summed E-state index contributed by atoms with van der Waals surface area (Å²) in [6.07, 6.45) is 17.8. The zero-order chi connectivity index (χ0) is 37.6. The molecule has 52 heavy (non-hydrogen) atoms. The minimum absolute atomic E-state index is 0.00327. The second kappa shape index (κ2) is 23.6. The molecule has 1 unspecified atom stereocenters. The van der Waals surface area contributed by atoms with E-state index >= 15 is 0 Å². The number of nitrogens with one attached hydrogen (secondary N) is 2. The van der Waals surface area contributed by atoms with Gasteiger partial charge in [-0.2, -0.15) is 0 Å². The van der Waals surface area contributed by atoms with E-state index in [0.29, 0.717) is 38.6 Å². The van der Waals surface area contributed by atoms with Crippen molar-refractivity contribution in [2.45, 2.75) is 160 Å². The summed E-state index contributed by atoms with van der Waals surface area (Å²) in [7, 11) is 0. The van der Waals surface area contributed by atoms with E-state index in [-0.39, 0.29) is 24.4 Å². The lowest BCUT2D eigenvalue weighted by molar-refractivity contribution is -0.155. The van der Waals surface area contributed by atoms with Gasteiger partial charge in [-0.1, -0.05) is 126 Å². The number of benzene rings is 2. The maximum Gasteiger partial charge on any atom is 0.407 e. The molecule has 0 heterocycles. The zero-order valence-electron chi connectivity index (χ0n) is 32.0. The number of carbonyl (C=O) groups is 4. The number of hydrogen-bond acceptors (Lipinski definition) is 6. The van der Waals surface area contributed by atoms with Gasteiger partial charge in [0.2, 0.25) is 5.91 Å². The van der Waals surface area contributed by atoms with Gasteiger partial charge >= 0.3 is 18.0 Å². The van der Waals surface area contributed by atoms with Crippen LogP contribution in [0.15, 0.2) is 48.5 Å². The van der Waals surface area contributed by atoms with Gasteiger partial charge in [0.1, 0.15) is 18.2 Å². The minimum Gasteiger partial charge on any atom is -0.480 e. The van der Waals surface area contributed by atoms with Gasteiger partial charge in [0.15, 0.2) is 0 Å². The molecule has 2 aromatic carbocycles. The average molecular weight is 721 g/mol. The Morgan fingerprint density at radius 2 is 1.15 bits per heavy atom. The van der Waals surface area contributed by atoms with Crippen molar-refractivity contribution in [1.82, 2.24) is 10.6 Å². The van der Waals surface area contributed by atoms with Crippen LogP contribution in [0.3, 0.4) is 0 Å². The third-order valence-electron chi connectivity index (χ3n) is 9.62. The molecule has 3 N–H and O–H groups in total. The Labute approximate surface area is 312 Å². The molecule has 1 aliphatic carbocycles. The van der Waals surface area contributed by atoms with Gasteiger partial charge < -0.3 is 25.2 Å². The number of alkyl carbamates (subject to hydrolysis) is 1. The van der Waals surface area contributed by atoms with E-state index < -0.39 is 23.7 Å². The smallest absolute Gasteiger partial charge is 0.407 e. The molecule has 1 aliphatic rings. The number of aliphatic carboxylic acids is 1. The number of fused-ring (bicyclic) bond motifs is 3. The van der Waals surface area contributed by atoms with E-state index in [2.05, 4.69) is 34.9 Å². The average Bonchev–Trinajstić information content (AvgIpc) is 3.42. The van der Waals surface area contributed by atoms with Crippen LogP contribution < -0.4 is 10.6 Å². The quantitative estimate of drug-likeness (QED) is 0.0651.